The lowest BCUT2D eigenvalue weighted by Gasteiger charge is -2.29. The second-order valence-electron chi connectivity index (χ2n) is 7.76. The van der Waals surface area contributed by atoms with Crippen LogP contribution in [0.5, 0.6) is 0 Å². The number of pyridine rings is 2. The van der Waals surface area contributed by atoms with E-state index in [9.17, 15) is 14.7 Å². The molecule has 6 heteroatoms. The fourth-order valence-corrected chi connectivity index (χ4v) is 4.52. The number of rotatable bonds is 3. The van der Waals surface area contributed by atoms with Gasteiger partial charge in [0.05, 0.1) is 5.52 Å². The van der Waals surface area contributed by atoms with Crippen LogP contribution in [0.3, 0.4) is 0 Å². The summed E-state index contributed by atoms with van der Waals surface area (Å²) in [5, 5.41) is 9.36. The Morgan fingerprint density at radius 2 is 2.00 bits per heavy atom. The summed E-state index contributed by atoms with van der Waals surface area (Å²) in [7, 11) is 0. The maximum atomic E-state index is 15.0. The molecule has 5 nitrogen and oxygen atoms in total. The Morgan fingerprint density at radius 3 is 2.62 bits per heavy atom. The summed E-state index contributed by atoms with van der Waals surface area (Å²) in [6, 6.07) is 1.57. The largest absolute Gasteiger partial charge is 0.477 e. The van der Waals surface area contributed by atoms with Crippen LogP contribution in [0.4, 0.5) is 4.39 Å². The molecule has 3 N–H and O–H groups in total. The van der Waals surface area contributed by atoms with Crippen molar-refractivity contribution in [3.8, 4) is 0 Å². The van der Waals surface area contributed by atoms with Gasteiger partial charge in [-0.05, 0) is 73.6 Å². The van der Waals surface area contributed by atoms with Crippen LogP contribution >= 0.6 is 0 Å². The Morgan fingerprint density at radius 1 is 1.27 bits per heavy atom. The summed E-state index contributed by atoms with van der Waals surface area (Å²) in [6.07, 6.45) is 6.66. The molecule has 2 aliphatic carbocycles. The second kappa shape index (κ2) is 6.20. The summed E-state index contributed by atoms with van der Waals surface area (Å²) in [5.74, 6) is -1.42. The Labute approximate surface area is 150 Å². The van der Waals surface area contributed by atoms with E-state index in [0.717, 1.165) is 49.7 Å². The van der Waals surface area contributed by atoms with Crippen molar-refractivity contribution < 1.29 is 14.3 Å². The minimum atomic E-state index is -1.27. The molecule has 2 fully saturated rings. The number of aromatic nitrogens is 1. The molecular weight excluding hydrogens is 335 g/mol. The topological polar surface area (TPSA) is 84.8 Å². The lowest BCUT2D eigenvalue weighted by Crippen LogP contribution is -2.29. The van der Waals surface area contributed by atoms with Crippen molar-refractivity contribution in [3.05, 3.63) is 50.7 Å². The molecule has 26 heavy (non-hydrogen) atoms. The van der Waals surface area contributed by atoms with E-state index in [0.29, 0.717) is 11.1 Å². The van der Waals surface area contributed by atoms with Gasteiger partial charge in [0.1, 0.15) is 11.4 Å². The van der Waals surface area contributed by atoms with Crippen molar-refractivity contribution in [2.45, 2.75) is 63.3 Å². The van der Waals surface area contributed by atoms with Crippen molar-refractivity contribution in [1.29, 1.82) is 0 Å². The standard InChI is InChI=1S/C20H23FN2O3/c1-10-17(12-3-2-4-13(22)7-12)16(21)9-23-18(10)14(11-5-6-11)8-15(19(23)24)20(25)26/h8-9,11-13H,2-7,22H2,1H3,(H,25,26)/t12?,13-/m0/s1. The average Bonchev–Trinajstić information content (AvgIpc) is 3.40. The summed E-state index contributed by atoms with van der Waals surface area (Å²) in [5.41, 5.74) is 8.05. The molecule has 4 rings (SSSR count). The molecule has 0 aromatic carbocycles. The van der Waals surface area contributed by atoms with Crippen LogP contribution < -0.4 is 11.3 Å². The fourth-order valence-electron chi connectivity index (χ4n) is 4.52. The molecule has 0 bridgehead atoms. The number of nitrogens with two attached hydrogens (primary N) is 1. The molecule has 2 saturated carbocycles. The van der Waals surface area contributed by atoms with Gasteiger partial charge in [-0.1, -0.05) is 6.42 Å². The molecule has 0 saturated heterocycles. The van der Waals surface area contributed by atoms with E-state index in [1.807, 2.05) is 6.92 Å². The Hall–Kier alpha value is -2.21. The number of carboxylic acid groups (broad SMARTS) is 1. The molecule has 0 spiro atoms. The summed E-state index contributed by atoms with van der Waals surface area (Å²) >= 11 is 0. The van der Waals surface area contributed by atoms with Crippen molar-refractivity contribution >= 4 is 11.5 Å². The zero-order chi connectivity index (χ0) is 18.6. The first kappa shape index (κ1) is 17.2. The van der Waals surface area contributed by atoms with Crippen molar-refractivity contribution in [1.82, 2.24) is 4.40 Å². The highest BCUT2D eigenvalue weighted by molar-refractivity contribution is 5.88. The van der Waals surface area contributed by atoms with Crippen molar-refractivity contribution in [2.24, 2.45) is 5.73 Å². The molecular formula is C20H23FN2O3. The van der Waals surface area contributed by atoms with Gasteiger partial charge < -0.3 is 10.8 Å². The number of aromatic carboxylic acids is 1. The van der Waals surface area contributed by atoms with Gasteiger partial charge in [-0.2, -0.15) is 0 Å². The van der Waals surface area contributed by atoms with Crippen LogP contribution in [0, 0.1) is 12.7 Å². The SMILES string of the molecule is Cc1c(C2CCC[C@H](N)C2)c(F)cn2c(=O)c(C(=O)O)cc(C3CC3)c12. The first-order valence-electron chi connectivity index (χ1n) is 9.25. The van der Waals surface area contributed by atoms with Gasteiger partial charge in [0.25, 0.3) is 5.56 Å². The first-order chi connectivity index (χ1) is 12.4. The van der Waals surface area contributed by atoms with Crippen LogP contribution in [-0.4, -0.2) is 21.5 Å². The molecule has 0 amide bonds. The van der Waals surface area contributed by atoms with Crippen LogP contribution in [0.2, 0.25) is 0 Å². The van der Waals surface area contributed by atoms with E-state index < -0.39 is 17.3 Å². The Balaban J connectivity index is 2.00. The van der Waals surface area contributed by atoms with Crippen LogP contribution in [0.25, 0.3) is 5.52 Å². The van der Waals surface area contributed by atoms with Gasteiger partial charge in [0.2, 0.25) is 0 Å². The van der Waals surface area contributed by atoms with Gasteiger partial charge in [-0.3, -0.25) is 9.20 Å². The smallest absolute Gasteiger partial charge is 0.341 e. The summed E-state index contributed by atoms with van der Waals surface area (Å²) < 4.78 is 16.2. The predicted molar refractivity (Wildman–Crippen MR) is 96.5 cm³/mol. The number of hydrogen-bond acceptors (Lipinski definition) is 3. The normalized spacial score (nSPS) is 23.3. The highest BCUT2D eigenvalue weighted by Crippen LogP contribution is 2.44. The average molecular weight is 358 g/mol. The minimum absolute atomic E-state index is 0.0463. The van der Waals surface area contributed by atoms with E-state index in [2.05, 4.69) is 0 Å². The van der Waals surface area contributed by atoms with Crippen LogP contribution in [0.1, 0.15) is 77.4 Å². The first-order valence-corrected chi connectivity index (χ1v) is 9.25. The third-order valence-electron chi connectivity index (χ3n) is 5.89. The number of fused-ring (bicyclic) bond motifs is 1. The van der Waals surface area contributed by atoms with Gasteiger partial charge >= 0.3 is 5.97 Å². The monoisotopic (exact) mass is 358 g/mol. The van der Waals surface area contributed by atoms with E-state index in [-0.39, 0.29) is 23.4 Å². The lowest BCUT2D eigenvalue weighted by molar-refractivity contribution is 0.0694. The Kier molecular flexibility index (Phi) is 4.10. The lowest BCUT2D eigenvalue weighted by atomic mass is 9.79. The number of halogens is 1. The molecule has 1 unspecified atom stereocenters. The molecule has 2 aliphatic rings. The molecule has 2 heterocycles. The molecule has 2 aromatic rings. The van der Waals surface area contributed by atoms with E-state index in [1.165, 1.54) is 16.7 Å². The second-order valence-corrected chi connectivity index (χ2v) is 7.76. The zero-order valence-corrected chi connectivity index (χ0v) is 14.8. The molecule has 2 aromatic heterocycles. The molecule has 138 valence electrons. The highest BCUT2D eigenvalue weighted by Gasteiger charge is 2.32. The van der Waals surface area contributed by atoms with E-state index in [1.54, 1.807) is 0 Å². The van der Waals surface area contributed by atoms with Gasteiger partial charge in [0.15, 0.2) is 0 Å². The van der Waals surface area contributed by atoms with Gasteiger partial charge in [0, 0.05) is 12.2 Å². The number of carboxylic acids is 1. The fraction of sp³-hybridized carbons (Fsp3) is 0.500. The van der Waals surface area contributed by atoms with E-state index >= 15 is 4.39 Å². The highest BCUT2D eigenvalue weighted by atomic mass is 19.1. The number of carbonyl (C=O) groups is 1. The number of nitrogens with zero attached hydrogens (tertiary/aromatic N) is 1. The third-order valence-corrected chi connectivity index (χ3v) is 5.89. The van der Waals surface area contributed by atoms with Gasteiger partial charge in [-0.15, -0.1) is 0 Å². The minimum Gasteiger partial charge on any atom is -0.477 e. The molecule has 0 radical (unpaired) electrons. The third kappa shape index (κ3) is 2.72. The molecule has 2 atom stereocenters. The maximum absolute atomic E-state index is 15.0. The maximum Gasteiger partial charge on any atom is 0.341 e. The summed E-state index contributed by atoms with van der Waals surface area (Å²) in [4.78, 5) is 24.1. The zero-order valence-electron chi connectivity index (χ0n) is 14.8. The van der Waals surface area contributed by atoms with Crippen LogP contribution in [-0.2, 0) is 0 Å². The number of aryl methyl sites for hydroxylation is 1. The molecule has 0 aliphatic heterocycles. The Bertz CT molecular complexity index is 962. The van der Waals surface area contributed by atoms with Gasteiger partial charge in [-0.25, -0.2) is 9.18 Å². The van der Waals surface area contributed by atoms with E-state index in [4.69, 9.17) is 5.73 Å². The van der Waals surface area contributed by atoms with Crippen molar-refractivity contribution in [2.75, 3.05) is 0 Å². The quantitative estimate of drug-likeness (QED) is 0.881. The number of hydrogen-bond donors (Lipinski definition) is 2. The predicted octanol–water partition coefficient (Wildman–Crippen LogP) is 3.31. The van der Waals surface area contributed by atoms with Crippen LogP contribution in [0.15, 0.2) is 17.1 Å². The summed E-state index contributed by atoms with van der Waals surface area (Å²) in [6.45, 7) is 1.85. The van der Waals surface area contributed by atoms with Crippen molar-refractivity contribution in [3.63, 3.8) is 0 Å².